The van der Waals surface area contributed by atoms with Crippen LogP contribution in [0.25, 0.3) is 111 Å². The Hall–Kier alpha value is -14.9. The van der Waals surface area contributed by atoms with Gasteiger partial charge in [-0.15, -0.1) is 4.33 Å². The Kier molecular flexibility index (Phi) is 28.5. The van der Waals surface area contributed by atoms with Gasteiger partial charge in [0.15, 0.2) is 69.0 Å². The van der Waals surface area contributed by atoms with E-state index >= 15 is 0 Å². The number of aromatic amines is 4. The van der Waals surface area contributed by atoms with Crippen LogP contribution >= 0.6 is 12.0 Å². The third kappa shape index (κ3) is 19.9. The van der Waals surface area contributed by atoms with Crippen LogP contribution in [-0.2, 0) is 52.2 Å². The molecule has 30 nitrogen and oxygen atoms in total. The lowest BCUT2D eigenvalue weighted by Gasteiger charge is -2.30. The highest BCUT2D eigenvalue weighted by atomic mass is 32.2. The number of phenols is 4. The van der Waals surface area contributed by atoms with E-state index in [9.17, 15) is 33.6 Å². The Labute approximate surface area is 787 Å². The van der Waals surface area contributed by atoms with Crippen LogP contribution in [0, 0.1) is 13.8 Å². The van der Waals surface area contributed by atoms with E-state index < -0.39 is 21.5 Å². The first-order valence-corrected chi connectivity index (χ1v) is 45.4. The minimum Gasteiger partial charge on any atom is -0.507 e. The van der Waals surface area contributed by atoms with Crippen molar-refractivity contribution in [1.82, 2.24) is 28.5 Å². The highest BCUT2D eigenvalue weighted by Crippen LogP contribution is 2.58. The number of methoxy groups -OCH3 is 7. The Bertz CT molecular complexity index is 7480. The molecule has 0 fully saturated rings. The summed E-state index contributed by atoms with van der Waals surface area (Å²) in [5.41, 5.74) is 29.5. The van der Waals surface area contributed by atoms with Crippen molar-refractivity contribution in [1.29, 1.82) is 0 Å². The van der Waals surface area contributed by atoms with Crippen molar-refractivity contribution >= 4 is 117 Å². The lowest BCUT2D eigenvalue weighted by Crippen LogP contribution is -2.28. The van der Waals surface area contributed by atoms with E-state index in [4.69, 9.17) is 73.4 Å². The van der Waals surface area contributed by atoms with Crippen molar-refractivity contribution in [3.63, 3.8) is 0 Å². The summed E-state index contributed by atoms with van der Waals surface area (Å²) in [7, 11) is 6.62. The Morgan fingerprint density at radius 2 is 1.00 bits per heavy atom. The van der Waals surface area contributed by atoms with E-state index in [2.05, 4.69) is 103 Å². The average molecular weight is 1880 g/mol. The smallest absolute Gasteiger partial charge is 0.363 e. The molecule has 0 amide bonds. The summed E-state index contributed by atoms with van der Waals surface area (Å²) in [4.78, 5) is 24.7. The number of benzene rings is 11. The fourth-order valence-electron chi connectivity index (χ4n) is 17.0. The quantitative estimate of drug-likeness (QED) is 0.0130. The van der Waals surface area contributed by atoms with Crippen molar-refractivity contribution in [3.05, 3.63) is 263 Å². The molecular weight excluding hydrogens is 1780 g/mol. The second-order valence-electron chi connectivity index (χ2n) is 33.4. The number of nitrogens with zero attached hydrogens (tertiary/aromatic N) is 2. The molecule has 0 atom stereocenters. The zero-order chi connectivity index (χ0) is 96.8. The van der Waals surface area contributed by atoms with Crippen LogP contribution in [0.3, 0.4) is 0 Å². The number of carbonyl (C=O) groups excluding carboxylic acids is 1. The molecular formula is C104H106N8O22S2. The van der Waals surface area contributed by atoms with Gasteiger partial charge in [-0.25, -0.2) is 9.23 Å². The predicted octanol–water partition coefficient (Wildman–Crippen LogP) is 21.1. The fourth-order valence-corrected chi connectivity index (χ4v) is 18.0. The second kappa shape index (κ2) is 40.5. The van der Waals surface area contributed by atoms with Gasteiger partial charge < -0.3 is 104 Å². The molecule has 6 aromatic heterocycles. The van der Waals surface area contributed by atoms with E-state index in [1.54, 1.807) is 71.6 Å². The predicted molar refractivity (Wildman–Crippen MR) is 529 cm³/mol. The lowest BCUT2D eigenvalue weighted by molar-refractivity contribution is -0.432. The minimum absolute atomic E-state index is 0.0257. The third-order valence-corrected chi connectivity index (χ3v) is 25.0. The van der Waals surface area contributed by atoms with Crippen LogP contribution in [0.2, 0.25) is 0 Å². The molecule has 3 aliphatic rings. The van der Waals surface area contributed by atoms with Gasteiger partial charge in [0.25, 0.3) is 0 Å². The third-order valence-electron chi connectivity index (χ3n) is 23.6. The summed E-state index contributed by atoms with van der Waals surface area (Å²) in [6.45, 7) is 16.0. The maximum Gasteiger partial charge on any atom is 0.363 e. The number of nitrogens with one attached hydrogen (secondary N) is 4. The van der Waals surface area contributed by atoms with Crippen LogP contribution in [0.1, 0.15) is 95.0 Å². The molecule has 20 rings (SSSR count). The Morgan fingerprint density at radius 3 is 1.59 bits per heavy atom. The molecule has 706 valence electrons. The van der Waals surface area contributed by atoms with E-state index in [0.29, 0.717) is 99.5 Å². The first-order chi connectivity index (χ1) is 65.4. The number of H-pyrrole nitrogens is 4. The van der Waals surface area contributed by atoms with Gasteiger partial charge in [-0.3, -0.25) is 13.9 Å². The molecule has 14 N–H and O–H groups in total. The molecule has 0 bridgehead atoms. The molecule has 11 aromatic carbocycles. The van der Waals surface area contributed by atoms with Gasteiger partial charge in [-0.2, -0.15) is 8.42 Å². The van der Waals surface area contributed by atoms with Crippen LogP contribution in [0.15, 0.2) is 212 Å². The highest BCUT2D eigenvalue weighted by Gasteiger charge is 2.37. The van der Waals surface area contributed by atoms with Crippen molar-refractivity contribution in [2.45, 2.75) is 97.0 Å². The number of aromatic hydroxyl groups is 4. The number of hydrogen-bond acceptors (Lipinski definition) is 24. The zero-order valence-corrected chi connectivity index (χ0v) is 78.9. The number of aromatic nitrogens is 6. The number of aryl methyl sites for hydroxylation is 2. The summed E-state index contributed by atoms with van der Waals surface area (Å²) < 4.78 is 99.8. The van der Waals surface area contributed by atoms with E-state index in [1.807, 2.05) is 138 Å². The summed E-state index contributed by atoms with van der Waals surface area (Å²) in [6.07, 6.45) is 19.2. The van der Waals surface area contributed by atoms with Gasteiger partial charge in [0.1, 0.15) is 41.7 Å². The number of carbonyl (C=O) groups is 1. The maximum absolute atomic E-state index is 11.9. The van der Waals surface area contributed by atoms with E-state index in [0.717, 1.165) is 175 Å². The normalized spacial score (nSPS) is 12.8. The molecule has 1 aliphatic carbocycles. The summed E-state index contributed by atoms with van der Waals surface area (Å²) in [5, 5.41) is 60.8. The number of ether oxygens (including phenoxy) is 11. The number of phenolic OH excluding ortho intramolecular Hbond substituents is 4. The molecule has 2 aliphatic heterocycles. The fraction of sp³-hybridized carbons (Fsp3) is 0.221. The SMILES string of the molecule is COc1cc2[nH]cc(CCN)c2cc1O.COc1cc2c(c(-c3c(O)c(OC)cc4c3[nH]c3c5c(c(C)cc34)OC(C)(C)C=C5)c1O)Cc1c-2cc(C)c2c1C=CC(C)(C)O2.COc1cc2cc[nH]c2cc1OC.COc1cc2ccn(C(C)=O)c2cc1OC.NCCc1c[nH]c2cc(OCc3ccccc3)c(OCc3ccccc3)cc12.O=S(=O)(O)n1ccc2cc(O)c(SOOO)cc21. The van der Waals surface area contributed by atoms with Gasteiger partial charge in [-0.05, 0) is 220 Å². The number of fused-ring (bicyclic) bond motifs is 15. The van der Waals surface area contributed by atoms with Crippen molar-refractivity contribution < 1.29 is 105 Å². The summed E-state index contributed by atoms with van der Waals surface area (Å²) in [6, 6.07) is 51.2. The number of nitrogens with two attached hydrogens (primary N) is 2. The van der Waals surface area contributed by atoms with Gasteiger partial charge in [0.2, 0.25) is 5.91 Å². The van der Waals surface area contributed by atoms with Gasteiger partial charge in [-0.1, -0.05) is 71.8 Å². The summed E-state index contributed by atoms with van der Waals surface area (Å²) in [5.74, 6) is 6.89. The van der Waals surface area contributed by atoms with Gasteiger partial charge in [0, 0.05) is 140 Å². The number of hydrogen-bond donors (Lipinski definition) is 12. The first kappa shape index (κ1) is 95.7. The molecule has 17 aromatic rings. The molecule has 0 saturated heterocycles. The van der Waals surface area contributed by atoms with E-state index in [-0.39, 0.29) is 39.3 Å². The van der Waals surface area contributed by atoms with Crippen LogP contribution in [0.4, 0.5) is 0 Å². The molecule has 136 heavy (non-hydrogen) atoms. The molecule has 0 radical (unpaired) electrons. The molecule has 0 spiro atoms. The number of rotatable bonds is 22. The maximum atomic E-state index is 11.9. The first-order valence-electron chi connectivity index (χ1n) is 43.3. The lowest BCUT2D eigenvalue weighted by atomic mass is 9.91. The monoisotopic (exact) mass is 1880 g/mol. The van der Waals surface area contributed by atoms with Crippen molar-refractivity contribution in [2.24, 2.45) is 11.5 Å². The molecule has 8 heterocycles. The van der Waals surface area contributed by atoms with Crippen molar-refractivity contribution in [2.75, 3.05) is 62.9 Å². The van der Waals surface area contributed by atoms with Crippen molar-refractivity contribution in [3.8, 4) is 108 Å². The van der Waals surface area contributed by atoms with E-state index in [1.165, 1.54) is 37.8 Å². The topological polar surface area (TPSA) is 418 Å². The van der Waals surface area contributed by atoms with Crippen LogP contribution in [0.5, 0.6) is 86.2 Å². The molecule has 32 heteroatoms. The van der Waals surface area contributed by atoms with Crippen LogP contribution in [-0.4, -0.2) is 147 Å². The largest absolute Gasteiger partial charge is 0.507 e. The second-order valence-corrected chi connectivity index (χ2v) is 35.4. The average Bonchev–Trinajstić information content (AvgIpc) is 1.55. The Balaban J connectivity index is 0.000000134. The standard InChI is InChI=1S/C39H37NO6.C24H24N2O2.C12H13NO3.C11H14N2O2.C10H11NO2.C8H7NO7S2/c1-18-13-22-23(20-9-11-38(3,4)45-36(18)20)15-25-24(22)16-28(43-7)34(41)30(25)31-33-27(17-29(44-8)35(31)42)26-14-19(2)37-21(32(26)40-33)10-12-39(5,6)46-37;25-12-11-20-15-26-22-14-24(28-17-19-9-5-2-6-10-19)23(13-21(20)22)27-16-18-7-3-1-4-8-18;1-8(14)13-5-4-9-6-11(15-2)12(16-3)7-10(9)13;1-15-11-5-9-8(4-10(11)14)7(2-3-12)6-13-9;1-12-9-5-7-3-4-11-8(7)6-10(9)13-2;10-7-3-5-1-2-9(18(12,13)14)6(5)4-8(7)17-16-15-11/h9-14,16-17,40-42H,15H2,1-8H3;1-10,13-15,26H,11-12,16-17,25H2;4-7H,1-3H3;4-6,13-14H,2-3,12H2,1H3;3-6,11H,1-2H3;1-4,10-11H,(H,12,13,14). The molecule has 0 unspecified atom stereocenters. The van der Waals surface area contributed by atoms with Crippen LogP contribution < -0.4 is 63.6 Å². The summed E-state index contributed by atoms with van der Waals surface area (Å²) >= 11 is 0.473. The highest BCUT2D eigenvalue weighted by molar-refractivity contribution is 7.94. The van der Waals surface area contributed by atoms with Gasteiger partial charge >= 0.3 is 10.3 Å². The molecule has 0 saturated carbocycles. The van der Waals surface area contributed by atoms with Gasteiger partial charge in [0.05, 0.1) is 94.3 Å². The minimum atomic E-state index is -4.43. The zero-order valence-electron chi connectivity index (χ0n) is 77.3. The Morgan fingerprint density at radius 1 is 0.500 bits per heavy atom.